The monoisotopic (exact) mass is 346 g/mol. The molecular formula is C18H22N2O3S. The van der Waals surface area contributed by atoms with Crippen LogP contribution in [0.15, 0.2) is 30.3 Å². The van der Waals surface area contributed by atoms with Gasteiger partial charge in [0.25, 0.3) is 5.91 Å². The van der Waals surface area contributed by atoms with Gasteiger partial charge in [0.2, 0.25) is 0 Å². The smallest absolute Gasteiger partial charge is 0.351 e. The van der Waals surface area contributed by atoms with Gasteiger partial charge in [-0.2, -0.15) is 0 Å². The molecule has 0 aliphatic rings. The molecule has 0 saturated carbocycles. The lowest BCUT2D eigenvalue weighted by Gasteiger charge is -2.17. The molecule has 6 heteroatoms. The lowest BCUT2D eigenvalue weighted by Crippen LogP contribution is -2.38. The van der Waals surface area contributed by atoms with E-state index in [9.17, 15) is 9.59 Å². The highest BCUT2D eigenvalue weighted by molar-refractivity contribution is 7.14. The van der Waals surface area contributed by atoms with Gasteiger partial charge in [0.05, 0.1) is 10.7 Å². The zero-order valence-electron chi connectivity index (χ0n) is 14.3. The first-order valence-electron chi connectivity index (χ1n) is 7.87. The Bertz CT molecular complexity index is 710. The van der Waals surface area contributed by atoms with Crippen molar-refractivity contribution < 1.29 is 14.3 Å². The Hall–Kier alpha value is -2.21. The summed E-state index contributed by atoms with van der Waals surface area (Å²) in [4.78, 5) is 29.0. The first-order valence-corrected chi connectivity index (χ1v) is 8.69. The van der Waals surface area contributed by atoms with Crippen molar-refractivity contribution in [3.8, 4) is 11.3 Å². The molecule has 1 atom stereocenters. The maximum absolute atomic E-state index is 12.3. The van der Waals surface area contributed by atoms with Gasteiger partial charge in [-0.25, -0.2) is 9.78 Å². The molecule has 0 aliphatic heterocycles. The molecule has 0 aliphatic carbocycles. The normalized spacial score (nSPS) is 12.0. The molecule has 1 N–H and O–H groups in total. The van der Waals surface area contributed by atoms with E-state index in [2.05, 4.69) is 10.3 Å². The summed E-state index contributed by atoms with van der Waals surface area (Å²) in [6.07, 6.45) is 0. The highest BCUT2D eigenvalue weighted by Gasteiger charge is 2.21. The van der Waals surface area contributed by atoms with Crippen LogP contribution in [-0.2, 0) is 9.53 Å². The van der Waals surface area contributed by atoms with Crippen molar-refractivity contribution in [1.82, 2.24) is 10.3 Å². The maximum Gasteiger partial charge on any atom is 0.351 e. The van der Waals surface area contributed by atoms with Crippen molar-refractivity contribution in [1.29, 1.82) is 0 Å². The van der Waals surface area contributed by atoms with Crippen molar-refractivity contribution >= 4 is 23.2 Å². The SMILES string of the molecule is Cc1nc(-c2ccccc2)c(C(=O)OCC(=O)N[C@@H](C)C(C)C)s1. The van der Waals surface area contributed by atoms with Crippen molar-refractivity contribution in [3.05, 3.63) is 40.2 Å². The van der Waals surface area contributed by atoms with E-state index in [1.165, 1.54) is 11.3 Å². The number of hydrogen-bond acceptors (Lipinski definition) is 5. The third-order valence-corrected chi connectivity index (χ3v) is 4.64. The van der Waals surface area contributed by atoms with E-state index in [0.717, 1.165) is 10.6 Å². The minimum atomic E-state index is -0.521. The molecular weight excluding hydrogens is 324 g/mol. The van der Waals surface area contributed by atoms with E-state index in [1.54, 1.807) is 0 Å². The quantitative estimate of drug-likeness (QED) is 0.814. The Morgan fingerprint density at radius 3 is 2.50 bits per heavy atom. The molecule has 0 radical (unpaired) electrons. The van der Waals surface area contributed by atoms with Gasteiger partial charge in [0.1, 0.15) is 4.88 Å². The zero-order chi connectivity index (χ0) is 17.7. The average molecular weight is 346 g/mol. The Labute approximate surface area is 146 Å². The Morgan fingerprint density at radius 2 is 1.88 bits per heavy atom. The number of nitrogens with zero attached hydrogens (tertiary/aromatic N) is 1. The fourth-order valence-corrected chi connectivity index (χ4v) is 2.85. The summed E-state index contributed by atoms with van der Waals surface area (Å²) in [7, 11) is 0. The lowest BCUT2D eigenvalue weighted by molar-refractivity contribution is -0.125. The third kappa shape index (κ3) is 4.64. The highest BCUT2D eigenvalue weighted by atomic mass is 32.1. The van der Waals surface area contributed by atoms with Crippen LogP contribution in [0.2, 0.25) is 0 Å². The minimum absolute atomic E-state index is 0.0294. The molecule has 128 valence electrons. The number of ether oxygens (including phenoxy) is 1. The van der Waals surface area contributed by atoms with E-state index in [0.29, 0.717) is 16.5 Å². The molecule has 2 aromatic rings. The zero-order valence-corrected chi connectivity index (χ0v) is 15.1. The van der Waals surface area contributed by atoms with E-state index in [-0.39, 0.29) is 18.6 Å². The van der Waals surface area contributed by atoms with Crippen molar-refractivity contribution in [2.24, 2.45) is 5.92 Å². The first kappa shape index (κ1) is 18.1. The molecule has 0 fully saturated rings. The summed E-state index contributed by atoms with van der Waals surface area (Å²) >= 11 is 1.27. The number of rotatable bonds is 6. The van der Waals surface area contributed by atoms with E-state index < -0.39 is 5.97 Å². The molecule has 0 spiro atoms. The van der Waals surface area contributed by atoms with Gasteiger partial charge in [0.15, 0.2) is 6.61 Å². The topological polar surface area (TPSA) is 68.3 Å². The molecule has 1 heterocycles. The largest absolute Gasteiger partial charge is 0.451 e. The van der Waals surface area contributed by atoms with E-state index in [4.69, 9.17) is 4.74 Å². The molecule has 1 aromatic carbocycles. The molecule has 0 bridgehead atoms. The Kier molecular flexibility index (Phi) is 6.09. The minimum Gasteiger partial charge on any atom is -0.451 e. The number of esters is 1. The van der Waals surface area contributed by atoms with Crippen LogP contribution in [0.1, 0.15) is 35.5 Å². The molecule has 0 unspecified atom stereocenters. The Balaban J connectivity index is 2.05. The number of amides is 1. The molecule has 0 saturated heterocycles. The van der Waals surface area contributed by atoms with Crippen LogP contribution in [0.5, 0.6) is 0 Å². The third-order valence-electron chi connectivity index (χ3n) is 3.69. The summed E-state index contributed by atoms with van der Waals surface area (Å²) in [5.74, 6) is -0.502. The van der Waals surface area contributed by atoms with E-state index >= 15 is 0 Å². The summed E-state index contributed by atoms with van der Waals surface area (Å²) < 4.78 is 5.17. The number of carbonyl (C=O) groups is 2. The molecule has 24 heavy (non-hydrogen) atoms. The fraction of sp³-hybridized carbons (Fsp3) is 0.389. The van der Waals surface area contributed by atoms with Gasteiger partial charge >= 0.3 is 5.97 Å². The van der Waals surface area contributed by atoms with Crippen molar-refractivity contribution in [3.63, 3.8) is 0 Å². The van der Waals surface area contributed by atoms with Crippen molar-refractivity contribution in [2.45, 2.75) is 33.7 Å². The molecule has 1 aromatic heterocycles. The second kappa shape index (κ2) is 8.06. The van der Waals surface area contributed by atoms with Crippen molar-refractivity contribution in [2.75, 3.05) is 6.61 Å². The maximum atomic E-state index is 12.3. The second-order valence-electron chi connectivity index (χ2n) is 5.95. The van der Waals surface area contributed by atoms with Crippen LogP contribution in [0.25, 0.3) is 11.3 Å². The average Bonchev–Trinajstić information content (AvgIpc) is 2.95. The van der Waals surface area contributed by atoms with Crippen LogP contribution in [0.3, 0.4) is 0 Å². The predicted octanol–water partition coefficient (Wildman–Crippen LogP) is 3.44. The fourth-order valence-electron chi connectivity index (χ4n) is 2.02. The van der Waals surface area contributed by atoms with Gasteiger partial charge in [-0.1, -0.05) is 44.2 Å². The molecule has 2 rings (SSSR count). The lowest BCUT2D eigenvalue weighted by atomic mass is 10.1. The first-order chi connectivity index (χ1) is 11.4. The van der Waals surface area contributed by atoms with Crippen LogP contribution in [0.4, 0.5) is 0 Å². The van der Waals surface area contributed by atoms with Gasteiger partial charge in [0, 0.05) is 11.6 Å². The Morgan fingerprint density at radius 1 is 1.21 bits per heavy atom. The van der Waals surface area contributed by atoms with Gasteiger partial charge in [-0.05, 0) is 19.8 Å². The van der Waals surface area contributed by atoms with Gasteiger partial charge < -0.3 is 10.1 Å². The number of nitrogens with one attached hydrogen (secondary N) is 1. The van der Waals surface area contributed by atoms with Crippen LogP contribution >= 0.6 is 11.3 Å². The number of aromatic nitrogens is 1. The number of thiazole rings is 1. The van der Waals surface area contributed by atoms with Crippen LogP contribution in [-0.4, -0.2) is 29.5 Å². The summed E-state index contributed by atoms with van der Waals surface area (Å²) in [6.45, 7) is 7.50. The number of aryl methyl sites for hydroxylation is 1. The van der Waals surface area contributed by atoms with Gasteiger partial charge in [-0.3, -0.25) is 4.79 Å². The summed E-state index contributed by atoms with van der Waals surface area (Å²) in [5, 5.41) is 3.59. The summed E-state index contributed by atoms with van der Waals surface area (Å²) in [6, 6.07) is 9.49. The number of benzene rings is 1. The highest BCUT2D eigenvalue weighted by Crippen LogP contribution is 2.28. The molecule has 5 nitrogen and oxygen atoms in total. The van der Waals surface area contributed by atoms with Crippen LogP contribution < -0.4 is 5.32 Å². The predicted molar refractivity (Wildman–Crippen MR) is 95.0 cm³/mol. The second-order valence-corrected chi connectivity index (χ2v) is 7.16. The summed E-state index contributed by atoms with van der Waals surface area (Å²) in [5.41, 5.74) is 1.45. The van der Waals surface area contributed by atoms with E-state index in [1.807, 2.05) is 58.0 Å². The molecule has 1 amide bonds. The van der Waals surface area contributed by atoms with Gasteiger partial charge in [-0.15, -0.1) is 11.3 Å². The number of hydrogen-bond donors (Lipinski definition) is 1. The van der Waals surface area contributed by atoms with Crippen LogP contribution in [0, 0.1) is 12.8 Å². The number of carbonyl (C=O) groups excluding carboxylic acids is 2. The standard InChI is InChI=1S/C18H22N2O3S/c1-11(2)12(3)19-15(21)10-23-18(22)17-16(20-13(4)24-17)14-8-6-5-7-9-14/h5-9,11-12H,10H2,1-4H3,(H,19,21)/t12-/m0/s1.